The molecule has 0 radical (unpaired) electrons. The minimum absolute atomic E-state index is 0.0235. The lowest BCUT2D eigenvalue weighted by Gasteiger charge is -2.37. The second kappa shape index (κ2) is 8.08. The van der Waals surface area contributed by atoms with Gasteiger partial charge in [-0.15, -0.1) is 5.10 Å². The maximum atomic E-state index is 13.0. The van der Waals surface area contributed by atoms with Crippen LogP contribution in [0.5, 0.6) is 0 Å². The molecule has 1 saturated heterocycles. The zero-order valence-electron chi connectivity index (χ0n) is 16.4. The van der Waals surface area contributed by atoms with Crippen LogP contribution in [0.4, 0.5) is 5.69 Å². The van der Waals surface area contributed by atoms with E-state index in [1.165, 1.54) is 15.8 Å². The Kier molecular flexibility index (Phi) is 5.48. The van der Waals surface area contributed by atoms with Gasteiger partial charge in [0.1, 0.15) is 13.1 Å². The van der Waals surface area contributed by atoms with Gasteiger partial charge in [-0.05, 0) is 37.1 Å². The smallest absolute Gasteiger partial charge is 0.247 e. The Balaban J connectivity index is 1.57. The Morgan fingerprint density at radius 2 is 1.90 bits per heavy atom. The number of carbonyl (C=O) groups is 2. The van der Waals surface area contributed by atoms with E-state index < -0.39 is 0 Å². The van der Waals surface area contributed by atoms with Crippen LogP contribution >= 0.6 is 23.2 Å². The highest BCUT2D eigenvalue weighted by atomic mass is 35.5. The number of benzene rings is 1. The SMILES string of the molecule is CC(Cc1cnn(C)c1)N1CC(=O)N(c2cc(Cl)ccc2-n2cc(Cl)nn2)CC1=O. The highest BCUT2D eigenvalue weighted by molar-refractivity contribution is 6.31. The van der Waals surface area contributed by atoms with E-state index in [4.69, 9.17) is 23.2 Å². The molecule has 1 atom stereocenters. The fourth-order valence-corrected chi connectivity index (χ4v) is 3.84. The second-order valence-corrected chi connectivity index (χ2v) is 8.02. The average Bonchev–Trinajstić information content (AvgIpc) is 3.31. The molecule has 0 spiro atoms. The number of halogens is 2. The minimum atomic E-state index is -0.206. The van der Waals surface area contributed by atoms with Gasteiger partial charge in [0, 0.05) is 24.3 Å². The van der Waals surface area contributed by atoms with Crippen molar-refractivity contribution in [3.63, 3.8) is 0 Å². The lowest BCUT2D eigenvalue weighted by Crippen LogP contribution is -2.57. The van der Waals surface area contributed by atoms with E-state index in [2.05, 4.69) is 15.4 Å². The van der Waals surface area contributed by atoms with Crippen molar-refractivity contribution in [2.75, 3.05) is 18.0 Å². The maximum absolute atomic E-state index is 13.0. The van der Waals surface area contributed by atoms with Crippen molar-refractivity contribution < 1.29 is 9.59 Å². The summed E-state index contributed by atoms with van der Waals surface area (Å²) in [5, 5.41) is 12.5. The number of aromatic nitrogens is 5. The number of carbonyl (C=O) groups excluding carboxylic acids is 2. The van der Waals surface area contributed by atoms with E-state index >= 15 is 0 Å². The molecule has 0 N–H and O–H groups in total. The topological polar surface area (TPSA) is 89.2 Å². The lowest BCUT2D eigenvalue weighted by molar-refractivity contribution is -0.140. The van der Waals surface area contributed by atoms with Crippen LogP contribution in [-0.2, 0) is 23.1 Å². The van der Waals surface area contributed by atoms with Crippen LogP contribution in [-0.4, -0.2) is 60.6 Å². The van der Waals surface area contributed by atoms with Crippen molar-refractivity contribution in [2.45, 2.75) is 19.4 Å². The second-order valence-electron chi connectivity index (χ2n) is 7.20. The van der Waals surface area contributed by atoms with Crippen molar-refractivity contribution in [1.29, 1.82) is 0 Å². The van der Waals surface area contributed by atoms with Gasteiger partial charge in [-0.3, -0.25) is 19.2 Å². The number of anilines is 1. The van der Waals surface area contributed by atoms with Gasteiger partial charge >= 0.3 is 0 Å². The first-order valence-corrected chi connectivity index (χ1v) is 10.0. The molecule has 9 nitrogen and oxygen atoms in total. The monoisotopic (exact) mass is 447 g/mol. The Labute approximate surface area is 182 Å². The maximum Gasteiger partial charge on any atom is 0.247 e. The van der Waals surface area contributed by atoms with Gasteiger partial charge in [0.05, 0.1) is 23.8 Å². The van der Waals surface area contributed by atoms with E-state index in [1.807, 2.05) is 20.2 Å². The van der Waals surface area contributed by atoms with E-state index in [1.54, 1.807) is 34.0 Å². The molecular formula is C19H19Cl2N7O2. The van der Waals surface area contributed by atoms with Gasteiger partial charge in [-0.25, -0.2) is 4.68 Å². The third-order valence-corrected chi connectivity index (χ3v) is 5.39. The van der Waals surface area contributed by atoms with E-state index in [-0.39, 0.29) is 36.1 Å². The molecule has 4 rings (SSSR count). The Bertz CT molecular complexity index is 1110. The minimum Gasteiger partial charge on any atom is -0.329 e. The summed E-state index contributed by atoms with van der Waals surface area (Å²) in [6.07, 6.45) is 5.81. The number of amides is 2. The number of hydrogen-bond acceptors (Lipinski definition) is 5. The van der Waals surface area contributed by atoms with Gasteiger partial charge in [0.25, 0.3) is 0 Å². The molecular weight excluding hydrogens is 429 g/mol. The summed E-state index contributed by atoms with van der Waals surface area (Å²) >= 11 is 12.1. The third kappa shape index (κ3) is 4.03. The molecule has 3 aromatic rings. The number of piperazine rings is 1. The molecule has 1 aromatic carbocycles. The first-order chi connectivity index (χ1) is 14.3. The summed E-state index contributed by atoms with van der Waals surface area (Å²) in [5.74, 6) is -0.351. The summed E-state index contributed by atoms with van der Waals surface area (Å²) in [7, 11) is 1.84. The van der Waals surface area contributed by atoms with Crippen LogP contribution < -0.4 is 4.90 Å². The van der Waals surface area contributed by atoms with Crippen molar-refractivity contribution in [2.24, 2.45) is 7.05 Å². The predicted molar refractivity (Wildman–Crippen MR) is 112 cm³/mol. The lowest BCUT2D eigenvalue weighted by atomic mass is 10.1. The normalized spacial score (nSPS) is 15.7. The Morgan fingerprint density at radius 1 is 1.10 bits per heavy atom. The fraction of sp³-hybridized carbons (Fsp3) is 0.316. The average molecular weight is 448 g/mol. The van der Waals surface area contributed by atoms with E-state index in [9.17, 15) is 9.59 Å². The quantitative estimate of drug-likeness (QED) is 0.597. The van der Waals surface area contributed by atoms with E-state index in [0.717, 1.165) is 5.56 Å². The van der Waals surface area contributed by atoms with Gasteiger partial charge in [0.15, 0.2) is 5.15 Å². The molecule has 1 aliphatic heterocycles. The summed E-state index contributed by atoms with van der Waals surface area (Å²) in [6, 6.07) is 4.87. The fourth-order valence-electron chi connectivity index (χ4n) is 3.55. The Morgan fingerprint density at radius 3 is 2.57 bits per heavy atom. The van der Waals surface area contributed by atoms with Crippen LogP contribution in [0.15, 0.2) is 36.8 Å². The summed E-state index contributed by atoms with van der Waals surface area (Å²) in [5.41, 5.74) is 2.03. The summed E-state index contributed by atoms with van der Waals surface area (Å²) < 4.78 is 3.16. The molecule has 1 fully saturated rings. The highest BCUT2D eigenvalue weighted by Crippen LogP contribution is 2.30. The molecule has 2 aromatic heterocycles. The predicted octanol–water partition coefficient (Wildman–Crippen LogP) is 2.11. The van der Waals surface area contributed by atoms with Crippen LogP contribution in [0.3, 0.4) is 0 Å². The van der Waals surface area contributed by atoms with Gasteiger partial charge in [-0.2, -0.15) is 5.10 Å². The first-order valence-electron chi connectivity index (χ1n) is 9.27. The Hall–Kier alpha value is -2.91. The van der Waals surface area contributed by atoms with E-state index in [0.29, 0.717) is 22.8 Å². The van der Waals surface area contributed by atoms with Gasteiger partial charge in [0.2, 0.25) is 11.8 Å². The molecule has 156 valence electrons. The molecule has 1 aliphatic rings. The van der Waals surface area contributed by atoms with Crippen molar-refractivity contribution in [3.05, 3.63) is 52.5 Å². The van der Waals surface area contributed by atoms with Crippen LogP contribution in [0, 0.1) is 0 Å². The van der Waals surface area contributed by atoms with Crippen molar-refractivity contribution in [3.8, 4) is 5.69 Å². The molecule has 30 heavy (non-hydrogen) atoms. The summed E-state index contributed by atoms with van der Waals surface area (Å²) in [4.78, 5) is 29.0. The van der Waals surface area contributed by atoms with Crippen molar-refractivity contribution in [1.82, 2.24) is 29.7 Å². The number of hydrogen-bond donors (Lipinski definition) is 0. The zero-order chi connectivity index (χ0) is 21.4. The van der Waals surface area contributed by atoms with Crippen LogP contribution in [0.1, 0.15) is 12.5 Å². The molecule has 1 unspecified atom stereocenters. The molecule has 11 heteroatoms. The largest absolute Gasteiger partial charge is 0.329 e. The molecule has 3 heterocycles. The molecule has 2 amide bonds. The molecule has 0 bridgehead atoms. The van der Waals surface area contributed by atoms with Gasteiger partial charge in [-0.1, -0.05) is 28.4 Å². The molecule has 0 aliphatic carbocycles. The number of rotatable bonds is 5. The number of nitrogens with zero attached hydrogens (tertiary/aromatic N) is 7. The first kappa shape index (κ1) is 20.4. The van der Waals surface area contributed by atoms with Crippen LogP contribution in [0.2, 0.25) is 10.2 Å². The summed E-state index contributed by atoms with van der Waals surface area (Å²) in [6.45, 7) is 1.81. The zero-order valence-corrected chi connectivity index (χ0v) is 17.9. The van der Waals surface area contributed by atoms with Crippen molar-refractivity contribution >= 4 is 40.7 Å². The van der Waals surface area contributed by atoms with Crippen LogP contribution in [0.25, 0.3) is 5.69 Å². The number of aryl methyl sites for hydroxylation is 1. The third-order valence-electron chi connectivity index (χ3n) is 4.98. The highest BCUT2D eigenvalue weighted by Gasteiger charge is 2.34. The van der Waals surface area contributed by atoms with Gasteiger partial charge < -0.3 is 4.90 Å². The standard InChI is InChI=1S/C19H19Cl2N7O2/c1-12(5-13-7-22-25(2)8-13)26-10-19(30)27(11-18(26)29)16-6-14(20)3-4-15(16)28-9-17(21)23-24-28/h3-4,6-9,12H,5,10-11H2,1-2H3. The molecule has 0 saturated carbocycles.